The topological polar surface area (TPSA) is 108 Å². The van der Waals surface area contributed by atoms with Gasteiger partial charge in [0.1, 0.15) is 11.4 Å². The van der Waals surface area contributed by atoms with Crippen LogP contribution < -0.4 is 10.6 Å². The molecule has 1 saturated heterocycles. The number of benzene rings is 1. The molecule has 37 heavy (non-hydrogen) atoms. The lowest BCUT2D eigenvalue weighted by Crippen LogP contribution is -2.51. The quantitative estimate of drug-likeness (QED) is 0.453. The van der Waals surface area contributed by atoms with Gasteiger partial charge in [-0.05, 0) is 93.9 Å². The molecule has 4 rings (SSSR count). The van der Waals surface area contributed by atoms with Gasteiger partial charge in [0, 0.05) is 37.5 Å². The highest BCUT2D eigenvalue weighted by molar-refractivity contribution is 7.89. The number of hydrogen-bond donors (Lipinski definition) is 2. The van der Waals surface area contributed by atoms with Crippen molar-refractivity contribution in [3.63, 3.8) is 0 Å². The number of alkyl halides is 1. The van der Waals surface area contributed by atoms with E-state index in [2.05, 4.69) is 10.6 Å². The van der Waals surface area contributed by atoms with E-state index in [1.165, 1.54) is 17.6 Å². The van der Waals surface area contributed by atoms with Gasteiger partial charge in [0.25, 0.3) is 5.91 Å². The molecule has 1 aromatic rings. The summed E-state index contributed by atoms with van der Waals surface area (Å²) in [6.07, 6.45) is 7.81. The van der Waals surface area contributed by atoms with Crippen LogP contribution in [0.4, 0.5) is 5.69 Å². The van der Waals surface area contributed by atoms with Crippen molar-refractivity contribution in [2.24, 2.45) is 16.8 Å². The van der Waals surface area contributed by atoms with Crippen LogP contribution >= 0.6 is 11.6 Å². The molecule has 2 amide bonds. The molecule has 0 radical (unpaired) electrons. The number of piperidine rings is 1. The number of hydrogen-bond acceptors (Lipinski definition) is 5. The fraction of sp³-hybridized carbons (Fsp3) is 0.667. The monoisotopic (exact) mass is 550 g/mol. The van der Waals surface area contributed by atoms with Gasteiger partial charge in [0.2, 0.25) is 15.9 Å². The van der Waals surface area contributed by atoms with Gasteiger partial charge in [-0.15, -0.1) is 11.6 Å². The molecule has 2 aliphatic heterocycles. The van der Waals surface area contributed by atoms with Crippen molar-refractivity contribution in [3.8, 4) is 0 Å². The number of nitrogens with one attached hydrogen (secondary N) is 2. The largest absolute Gasteiger partial charge is 0.326 e. The van der Waals surface area contributed by atoms with Crippen molar-refractivity contribution in [1.29, 1.82) is 0 Å². The first kappa shape index (κ1) is 28.0. The predicted octanol–water partition coefficient (Wildman–Crippen LogP) is 4.01. The van der Waals surface area contributed by atoms with E-state index >= 15 is 0 Å². The summed E-state index contributed by atoms with van der Waals surface area (Å²) in [5, 5.41) is 5.80. The third kappa shape index (κ3) is 6.73. The molecule has 3 aliphatic rings. The number of amidine groups is 1. The number of aryl methyl sites for hydroxylation is 2. The minimum absolute atomic E-state index is 0.00793. The number of carbonyl (C=O) groups excluding carboxylic acids is 2. The molecule has 0 bridgehead atoms. The Hall–Kier alpha value is -1.97. The Balaban J connectivity index is 1.31. The van der Waals surface area contributed by atoms with Crippen molar-refractivity contribution in [2.45, 2.75) is 77.2 Å². The van der Waals surface area contributed by atoms with Gasteiger partial charge in [0.15, 0.2) is 0 Å². The molecule has 2 fully saturated rings. The fourth-order valence-corrected chi connectivity index (χ4v) is 7.55. The normalized spacial score (nSPS) is 24.1. The van der Waals surface area contributed by atoms with E-state index in [1.54, 1.807) is 6.07 Å². The van der Waals surface area contributed by atoms with Gasteiger partial charge in [-0.2, -0.15) is 0 Å². The van der Waals surface area contributed by atoms with Crippen LogP contribution in [0.15, 0.2) is 23.2 Å². The van der Waals surface area contributed by atoms with Gasteiger partial charge in [-0.1, -0.05) is 6.07 Å². The van der Waals surface area contributed by atoms with Crippen LogP contribution in [0.3, 0.4) is 0 Å². The molecule has 2 N–H and O–H groups in total. The van der Waals surface area contributed by atoms with E-state index in [4.69, 9.17) is 16.6 Å². The van der Waals surface area contributed by atoms with Gasteiger partial charge < -0.3 is 10.6 Å². The number of halogens is 1. The molecule has 0 unspecified atom stereocenters. The molecule has 2 heterocycles. The minimum atomic E-state index is -3.46. The van der Waals surface area contributed by atoms with Gasteiger partial charge in [-0.25, -0.2) is 12.7 Å². The zero-order chi connectivity index (χ0) is 26.6. The summed E-state index contributed by atoms with van der Waals surface area (Å²) in [5.74, 6) is 2.33. The van der Waals surface area contributed by atoms with Crippen LogP contribution in [-0.2, 0) is 26.0 Å². The van der Waals surface area contributed by atoms with Crippen molar-refractivity contribution < 1.29 is 18.0 Å². The molecule has 1 aromatic carbocycles. The Kier molecular flexibility index (Phi) is 8.96. The second-order valence-electron chi connectivity index (χ2n) is 10.8. The maximum atomic E-state index is 13.1. The van der Waals surface area contributed by atoms with Crippen LogP contribution in [0.2, 0.25) is 0 Å². The van der Waals surface area contributed by atoms with E-state index < -0.39 is 15.6 Å². The van der Waals surface area contributed by atoms with Crippen molar-refractivity contribution in [1.82, 2.24) is 9.62 Å². The van der Waals surface area contributed by atoms with E-state index in [1.807, 2.05) is 19.1 Å². The summed E-state index contributed by atoms with van der Waals surface area (Å²) in [6, 6.07) is 5.52. The lowest BCUT2D eigenvalue weighted by Gasteiger charge is -2.34. The van der Waals surface area contributed by atoms with Crippen molar-refractivity contribution >= 4 is 45.0 Å². The van der Waals surface area contributed by atoms with Crippen molar-refractivity contribution in [2.75, 3.05) is 30.0 Å². The van der Waals surface area contributed by atoms with Crippen molar-refractivity contribution in [3.05, 3.63) is 29.3 Å². The maximum absolute atomic E-state index is 13.1. The Bertz CT molecular complexity index is 1140. The van der Waals surface area contributed by atoms with Crippen LogP contribution in [0.25, 0.3) is 0 Å². The zero-order valence-electron chi connectivity index (χ0n) is 21.9. The Morgan fingerprint density at radius 2 is 1.92 bits per heavy atom. The van der Waals surface area contributed by atoms with E-state index in [0.29, 0.717) is 49.8 Å². The number of nitrogens with zero attached hydrogens (tertiary/aromatic N) is 2. The summed E-state index contributed by atoms with van der Waals surface area (Å²) in [5.41, 5.74) is 1.75. The second kappa shape index (κ2) is 11.8. The standard InChI is InChI=1S/C27H39ClN4O4S/c1-19-18-24(29-20(2)33)10-9-22(19)11-17-37(35,36)32-15-12-27(13-16-32)26(34)30-25(31-27)23-7-5-21(6-8-23)4-3-14-28/h9-10,18,21,23H,3-8,11-17H2,1-2H3,(H,29,33)(H,30,31,34)/t21-,23-. The number of sulfonamides is 1. The van der Waals surface area contributed by atoms with Crippen LogP contribution in [0, 0.1) is 18.8 Å². The molecule has 8 nitrogen and oxygen atoms in total. The smallest absolute Gasteiger partial charge is 0.253 e. The molecule has 1 saturated carbocycles. The van der Waals surface area contributed by atoms with E-state index in [-0.39, 0.29) is 23.5 Å². The second-order valence-corrected chi connectivity index (χ2v) is 13.3. The van der Waals surface area contributed by atoms with Gasteiger partial charge >= 0.3 is 0 Å². The maximum Gasteiger partial charge on any atom is 0.253 e. The molecule has 204 valence electrons. The molecule has 0 aromatic heterocycles. The number of carbonyl (C=O) groups is 2. The number of anilines is 1. The SMILES string of the molecule is CC(=O)Nc1ccc(CCS(=O)(=O)N2CCC3(CC2)N=C([C@H]2CC[C@H](CCCCl)CC2)NC3=O)c(C)c1. The first-order chi connectivity index (χ1) is 17.6. The molecule has 10 heteroatoms. The highest BCUT2D eigenvalue weighted by Gasteiger charge is 2.48. The molecular weight excluding hydrogens is 512 g/mol. The lowest BCUT2D eigenvalue weighted by atomic mass is 9.79. The predicted molar refractivity (Wildman–Crippen MR) is 147 cm³/mol. The molecule has 1 aliphatic carbocycles. The Labute approximate surface area is 225 Å². The zero-order valence-corrected chi connectivity index (χ0v) is 23.5. The first-order valence-electron chi connectivity index (χ1n) is 13.4. The van der Waals surface area contributed by atoms with Crippen LogP contribution in [0.1, 0.15) is 69.4 Å². The lowest BCUT2D eigenvalue weighted by molar-refractivity contribution is -0.125. The van der Waals surface area contributed by atoms with Gasteiger partial charge in [0.05, 0.1) is 5.75 Å². The fourth-order valence-electron chi connectivity index (χ4n) is 5.92. The third-order valence-corrected chi connectivity index (χ3v) is 10.4. The number of rotatable bonds is 9. The first-order valence-corrected chi connectivity index (χ1v) is 15.6. The highest BCUT2D eigenvalue weighted by Crippen LogP contribution is 2.37. The summed E-state index contributed by atoms with van der Waals surface area (Å²) >= 11 is 5.84. The summed E-state index contributed by atoms with van der Waals surface area (Å²) in [4.78, 5) is 29.1. The average molecular weight is 551 g/mol. The minimum Gasteiger partial charge on any atom is -0.326 e. The summed E-state index contributed by atoms with van der Waals surface area (Å²) in [6.45, 7) is 3.98. The summed E-state index contributed by atoms with van der Waals surface area (Å²) in [7, 11) is -3.46. The highest BCUT2D eigenvalue weighted by atomic mass is 35.5. The van der Waals surface area contributed by atoms with E-state index in [0.717, 1.165) is 49.1 Å². The molecule has 0 atom stereocenters. The van der Waals surface area contributed by atoms with Crippen LogP contribution in [-0.4, -0.2) is 60.6 Å². The molecule has 1 spiro atoms. The number of aliphatic imine (C=N–C) groups is 1. The molecular formula is C27H39ClN4O4S. The Morgan fingerprint density at radius 1 is 1.22 bits per heavy atom. The van der Waals surface area contributed by atoms with E-state index in [9.17, 15) is 18.0 Å². The number of amides is 2. The Morgan fingerprint density at radius 3 is 2.54 bits per heavy atom. The van der Waals surface area contributed by atoms with Gasteiger partial charge in [-0.3, -0.25) is 14.6 Å². The van der Waals surface area contributed by atoms with Crippen LogP contribution in [0.5, 0.6) is 0 Å². The average Bonchev–Trinajstić information content (AvgIpc) is 3.17. The third-order valence-electron chi connectivity index (χ3n) is 8.21. The summed E-state index contributed by atoms with van der Waals surface area (Å²) < 4.78 is 27.7.